The minimum absolute atomic E-state index is 0.0202. The molecule has 0 fully saturated rings. The Hall–Kier alpha value is -1.67. The third-order valence-corrected chi connectivity index (χ3v) is 4.17. The van der Waals surface area contributed by atoms with Gasteiger partial charge in [0.1, 0.15) is 5.54 Å². The number of carbonyl (C=O) groups excluding carboxylic acids is 1. The van der Waals surface area contributed by atoms with E-state index in [-0.39, 0.29) is 5.91 Å². The zero-order chi connectivity index (χ0) is 13.3. The summed E-state index contributed by atoms with van der Waals surface area (Å²) in [6, 6.07) is 8.14. The lowest BCUT2D eigenvalue weighted by Gasteiger charge is -2.32. The number of hydrogen-bond donors (Lipinski definition) is 1. The van der Waals surface area contributed by atoms with Gasteiger partial charge in [-0.1, -0.05) is 0 Å². The molecule has 0 unspecified atom stereocenters. The second kappa shape index (κ2) is 4.54. The smallest absolute Gasteiger partial charge is 0.234 e. The maximum absolute atomic E-state index is 11.4. The number of nitrogens with zero attached hydrogens (tertiary/aromatic N) is 2. The SMILES string of the molecule is CN(c1ccc2c(c1)NC(=O)CS2)C(C)(C)C#N. The first kappa shape index (κ1) is 12.8. The van der Waals surface area contributed by atoms with Crippen LogP contribution in [0.3, 0.4) is 0 Å². The fourth-order valence-corrected chi connectivity index (χ4v) is 2.47. The number of thioether (sulfide) groups is 1. The van der Waals surface area contributed by atoms with Crippen molar-refractivity contribution in [1.82, 2.24) is 0 Å². The van der Waals surface area contributed by atoms with Crippen molar-refractivity contribution in [3.63, 3.8) is 0 Å². The second-order valence-electron chi connectivity index (χ2n) is 4.75. The van der Waals surface area contributed by atoms with Crippen LogP contribution in [0.2, 0.25) is 0 Å². The second-order valence-corrected chi connectivity index (χ2v) is 5.76. The van der Waals surface area contributed by atoms with Gasteiger partial charge in [0.2, 0.25) is 5.91 Å². The van der Waals surface area contributed by atoms with Crippen molar-refractivity contribution in [2.45, 2.75) is 24.3 Å². The van der Waals surface area contributed by atoms with E-state index in [9.17, 15) is 4.79 Å². The van der Waals surface area contributed by atoms with Gasteiger partial charge in [-0.25, -0.2) is 0 Å². The molecule has 0 bridgehead atoms. The fraction of sp³-hybridized carbons (Fsp3) is 0.385. The highest BCUT2D eigenvalue weighted by atomic mass is 32.2. The maximum atomic E-state index is 11.4. The average Bonchev–Trinajstić information content (AvgIpc) is 2.36. The van der Waals surface area contributed by atoms with Crippen LogP contribution in [0.15, 0.2) is 23.1 Å². The van der Waals surface area contributed by atoms with Gasteiger partial charge in [0.15, 0.2) is 0 Å². The van der Waals surface area contributed by atoms with Gasteiger partial charge >= 0.3 is 0 Å². The third kappa shape index (κ3) is 2.29. The standard InChI is InChI=1S/C13H15N3OS/c1-13(2,8-14)16(3)9-4-5-11-10(6-9)15-12(17)7-18-11/h4-6H,7H2,1-3H3,(H,15,17). The molecule has 1 aliphatic rings. The summed E-state index contributed by atoms with van der Waals surface area (Å²) in [6.07, 6.45) is 0. The van der Waals surface area contributed by atoms with Gasteiger partial charge in [-0.2, -0.15) is 5.26 Å². The van der Waals surface area contributed by atoms with Crippen molar-refractivity contribution in [2.75, 3.05) is 23.0 Å². The summed E-state index contributed by atoms with van der Waals surface area (Å²) in [5, 5.41) is 12.0. The van der Waals surface area contributed by atoms with Gasteiger partial charge < -0.3 is 10.2 Å². The summed E-state index contributed by atoms with van der Waals surface area (Å²) in [7, 11) is 1.88. The van der Waals surface area contributed by atoms with E-state index >= 15 is 0 Å². The Morgan fingerprint density at radius 3 is 2.89 bits per heavy atom. The zero-order valence-corrected chi connectivity index (χ0v) is 11.5. The summed E-state index contributed by atoms with van der Waals surface area (Å²) in [6.45, 7) is 3.72. The minimum atomic E-state index is -0.583. The number of anilines is 2. The van der Waals surface area contributed by atoms with E-state index in [0.717, 1.165) is 16.3 Å². The molecule has 2 rings (SSSR count). The fourth-order valence-electron chi connectivity index (χ4n) is 1.68. The molecule has 1 aromatic rings. The molecule has 1 heterocycles. The molecule has 0 radical (unpaired) electrons. The number of rotatable bonds is 2. The average molecular weight is 261 g/mol. The van der Waals surface area contributed by atoms with Crippen LogP contribution in [-0.2, 0) is 4.79 Å². The van der Waals surface area contributed by atoms with Crippen molar-refractivity contribution < 1.29 is 4.79 Å². The maximum Gasteiger partial charge on any atom is 0.234 e. The summed E-state index contributed by atoms with van der Waals surface area (Å²) >= 11 is 1.53. The van der Waals surface area contributed by atoms with E-state index in [1.165, 1.54) is 11.8 Å². The van der Waals surface area contributed by atoms with E-state index in [1.54, 1.807) is 0 Å². The van der Waals surface area contributed by atoms with E-state index < -0.39 is 5.54 Å². The lowest BCUT2D eigenvalue weighted by atomic mass is 10.0. The molecule has 0 atom stereocenters. The molecule has 1 N–H and O–H groups in total. The lowest BCUT2D eigenvalue weighted by molar-refractivity contribution is -0.113. The number of benzene rings is 1. The van der Waals surface area contributed by atoms with E-state index in [1.807, 2.05) is 44.0 Å². The largest absolute Gasteiger partial charge is 0.357 e. The van der Waals surface area contributed by atoms with Crippen molar-refractivity contribution in [2.24, 2.45) is 0 Å². The zero-order valence-electron chi connectivity index (χ0n) is 10.7. The summed E-state index contributed by atoms with van der Waals surface area (Å²) in [4.78, 5) is 14.3. The van der Waals surface area contributed by atoms with Crippen LogP contribution in [0.5, 0.6) is 0 Å². The first-order chi connectivity index (χ1) is 8.44. The Morgan fingerprint density at radius 2 is 2.22 bits per heavy atom. The number of hydrogen-bond acceptors (Lipinski definition) is 4. The van der Waals surface area contributed by atoms with Crippen LogP contribution in [0.4, 0.5) is 11.4 Å². The predicted octanol–water partition coefficient (Wildman–Crippen LogP) is 2.47. The molecule has 1 aliphatic heterocycles. The van der Waals surface area contributed by atoms with Crippen molar-refractivity contribution in [3.8, 4) is 6.07 Å². The molecule has 0 spiro atoms. The molecule has 4 nitrogen and oxygen atoms in total. The predicted molar refractivity (Wildman–Crippen MR) is 73.9 cm³/mol. The van der Waals surface area contributed by atoms with Crippen molar-refractivity contribution in [3.05, 3.63) is 18.2 Å². The molecular weight excluding hydrogens is 246 g/mol. The molecule has 0 aliphatic carbocycles. The third-order valence-electron chi connectivity index (χ3n) is 3.10. The Bertz CT molecular complexity index is 534. The van der Waals surface area contributed by atoms with E-state index in [0.29, 0.717) is 5.75 Å². The first-order valence-corrected chi connectivity index (χ1v) is 6.64. The highest BCUT2D eigenvalue weighted by molar-refractivity contribution is 8.00. The first-order valence-electron chi connectivity index (χ1n) is 5.66. The molecule has 1 amide bonds. The Balaban J connectivity index is 2.35. The molecule has 1 aromatic carbocycles. The Kier molecular flexibility index (Phi) is 3.22. The summed E-state index contributed by atoms with van der Waals surface area (Å²) in [5.41, 5.74) is 1.16. The normalized spacial score (nSPS) is 14.4. The van der Waals surface area contributed by atoms with Crippen LogP contribution in [0.25, 0.3) is 0 Å². The van der Waals surface area contributed by atoms with Gasteiger partial charge in [-0.15, -0.1) is 11.8 Å². The number of nitrogens with one attached hydrogen (secondary N) is 1. The topological polar surface area (TPSA) is 56.1 Å². The van der Waals surface area contributed by atoms with Gasteiger partial charge in [-0.05, 0) is 32.0 Å². The lowest BCUT2D eigenvalue weighted by Crippen LogP contribution is -2.39. The van der Waals surface area contributed by atoms with Gasteiger partial charge in [-0.3, -0.25) is 4.79 Å². The quantitative estimate of drug-likeness (QED) is 0.888. The molecule has 94 valence electrons. The van der Waals surface area contributed by atoms with Gasteiger partial charge in [0.25, 0.3) is 0 Å². The van der Waals surface area contributed by atoms with E-state index in [2.05, 4.69) is 11.4 Å². The number of amides is 1. The van der Waals surface area contributed by atoms with Crippen LogP contribution < -0.4 is 10.2 Å². The van der Waals surface area contributed by atoms with Crippen LogP contribution in [0.1, 0.15) is 13.8 Å². The Morgan fingerprint density at radius 1 is 1.50 bits per heavy atom. The van der Waals surface area contributed by atoms with Crippen LogP contribution in [-0.4, -0.2) is 24.2 Å². The van der Waals surface area contributed by atoms with Crippen molar-refractivity contribution >= 4 is 29.0 Å². The molecule has 0 saturated heterocycles. The van der Waals surface area contributed by atoms with Crippen molar-refractivity contribution in [1.29, 1.82) is 5.26 Å². The van der Waals surface area contributed by atoms with E-state index in [4.69, 9.17) is 5.26 Å². The number of fused-ring (bicyclic) bond motifs is 1. The molecule has 18 heavy (non-hydrogen) atoms. The van der Waals surface area contributed by atoms with Gasteiger partial charge in [0.05, 0.1) is 17.5 Å². The number of carbonyl (C=O) groups is 1. The highest BCUT2D eigenvalue weighted by Crippen LogP contribution is 2.35. The molecule has 0 saturated carbocycles. The van der Waals surface area contributed by atoms with Crippen LogP contribution in [0, 0.1) is 11.3 Å². The molecular formula is C13H15N3OS. The summed E-state index contributed by atoms with van der Waals surface area (Å²) in [5.74, 6) is 0.484. The monoisotopic (exact) mass is 261 g/mol. The molecule has 0 aromatic heterocycles. The number of nitriles is 1. The molecule has 5 heteroatoms. The Labute approximate surface area is 111 Å². The minimum Gasteiger partial charge on any atom is -0.357 e. The highest BCUT2D eigenvalue weighted by Gasteiger charge is 2.24. The van der Waals surface area contributed by atoms with Crippen LogP contribution >= 0.6 is 11.8 Å². The summed E-state index contributed by atoms with van der Waals surface area (Å²) < 4.78 is 0. The van der Waals surface area contributed by atoms with Gasteiger partial charge in [0, 0.05) is 17.6 Å².